The van der Waals surface area contributed by atoms with Crippen molar-refractivity contribution in [2.75, 3.05) is 11.9 Å². The largest absolute Gasteiger partial charge is 0.490 e. The minimum absolute atomic E-state index is 0.0311. The molecule has 10 heteroatoms. The van der Waals surface area contributed by atoms with Crippen LogP contribution in [-0.4, -0.2) is 23.7 Å². The van der Waals surface area contributed by atoms with Crippen LogP contribution in [0.4, 0.5) is 16.4 Å². The fraction of sp³-hybridized carbons (Fsp3) is 0.314. The standard InChI is InChI=1S/C35H36ClN3O5S/c1-5-43-30-18-23(8-17-29(30)44-21-22-6-14-27(15-7-22)39(41)42)20-37-34-32(33(40)38-26-12-10-25(36)11-13-26)28-16-9-24(35(2,3)4)19-31(28)45-34/h6-8,10-15,17-18,20,24H,5,9,16,19,21H2,1-4H3,(H,38,40)/t24-/m1/s1. The number of amides is 1. The van der Waals surface area contributed by atoms with E-state index in [0.717, 1.165) is 36.0 Å². The van der Waals surface area contributed by atoms with E-state index in [1.165, 1.54) is 17.0 Å². The van der Waals surface area contributed by atoms with Gasteiger partial charge in [-0.05, 0) is 109 Å². The highest BCUT2D eigenvalue weighted by Crippen LogP contribution is 2.45. The van der Waals surface area contributed by atoms with Gasteiger partial charge >= 0.3 is 0 Å². The second kappa shape index (κ2) is 13.8. The number of ether oxygens (including phenoxy) is 2. The second-order valence-corrected chi connectivity index (χ2v) is 13.6. The highest BCUT2D eigenvalue weighted by atomic mass is 35.5. The average molecular weight is 646 g/mol. The minimum Gasteiger partial charge on any atom is -0.490 e. The van der Waals surface area contributed by atoms with E-state index >= 15 is 0 Å². The number of nitro groups is 1. The van der Waals surface area contributed by atoms with Crippen LogP contribution in [0.25, 0.3) is 0 Å². The molecule has 0 radical (unpaired) electrons. The zero-order chi connectivity index (χ0) is 32.1. The van der Waals surface area contributed by atoms with E-state index in [9.17, 15) is 14.9 Å². The van der Waals surface area contributed by atoms with E-state index < -0.39 is 4.92 Å². The number of rotatable bonds is 10. The lowest BCUT2D eigenvalue weighted by Crippen LogP contribution is -2.27. The molecule has 0 unspecified atom stereocenters. The van der Waals surface area contributed by atoms with Crippen LogP contribution in [0.3, 0.4) is 0 Å². The van der Waals surface area contributed by atoms with Crippen molar-refractivity contribution in [3.8, 4) is 11.5 Å². The van der Waals surface area contributed by atoms with Gasteiger partial charge in [0, 0.05) is 33.9 Å². The maximum absolute atomic E-state index is 13.7. The quantitative estimate of drug-likeness (QED) is 0.105. The summed E-state index contributed by atoms with van der Waals surface area (Å²) in [6.07, 6.45) is 4.54. The minimum atomic E-state index is -0.429. The van der Waals surface area contributed by atoms with Crippen LogP contribution in [0.5, 0.6) is 11.5 Å². The number of fused-ring (bicyclic) bond motifs is 1. The second-order valence-electron chi connectivity index (χ2n) is 12.1. The topological polar surface area (TPSA) is 103 Å². The van der Waals surface area contributed by atoms with Gasteiger partial charge in [-0.2, -0.15) is 0 Å². The van der Waals surface area contributed by atoms with Gasteiger partial charge < -0.3 is 14.8 Å². The maximum Gasteiger partial charge on any atom is 0.269 e. The van der Waals surface area contributed by atoms with E-state index in [4.69, 9.17) is 26.1 Å². The van der Waals surface area contributed by atoms with Crippen LogP contribution in [0.1, 0.15) is 66.0 Å². The van der Waals surface area contributed by atoms with Crippen LogP contribution in [0.15, 0.2) is 71.7 Å². The molecule has 0 aliphatic heterocycles. The summed E-state index contributed by atoms with van der Waals surface area (Å²) in [5, 5.41) is 15.3. The molecular weight excluding hydrogens is 610 g/mol. The number of non-ortho nitro benzene ring substituents is 1. The Morgan fingerprint density at radius 2 is 1.82 bits per heavy atom. The van der Waals surface area contributed by atoms with E-state index in [1.54, 1.807) is 53.9 Å². The van der Waals surface area contributed by atoms with Crippen molar-refractivity contribution in [2.45, 2.75) is 53.6 Å². The average Bonchev–Trinajstić information content (AvgIpc) is 3.38. The van der Waals surface area contributed by atoms with Crippen LogP contribution in [0.2, 0.25) is 5.02 Å². The normalized spacial score (nSPS) is 14.6. The molecular formula is C35H36ClN3O5S. The number of carbonyl (C=O) groups is 1. The van der Waals surface area contributed by atoms with Gasteiger partial charge in [0.25, 0.3) is 11.6 Å². The number of nitro benzene ring substituents is 1. The first kappa shape index (κ1) is 32.2. The third-order valence-electron chi connectivity index (χ3n) is 7.94. The number of nitrogens with zero attached hydrogens (tertiary/aromatic N) is 2. The van der Waals surface area contributed by atoms with Crippen molar-refractivity contribution < 1.29 is 19.2 Å². The molecule has 234 valence electrons. The number of benzene rings is 3. The lowest BCUT2D eigenvalue weighted by molar-refractivity contribution is -0.384. The summed E-state index contributed by atoms with van der Waals surface area (Å²) in [5.74, 6) is 1.46. The molecule has 1 aliphatic carbocycles. The molecule has 5 rings (SSSR count). The number of carbonyl (C=O) groups excluding carboxylic acids is 1. The highest BCUT2D eigenvalue weighted by Gasteiger charge is 2.33. The van der Waals surface area contributed by atoms with E-state index in [2.05, 4.69) is 26.1 Å². The van der Waals surface area contributed by atoms with Gasteiger partial charge in [-0.3, -0.25) is 14.9 Å². The summed E-state index contributed by atoms with van der Waals surface area (Å²) in [5.41, 5.74) is 4.19. The summed E-state index contributed by atoms with van der Waals surface area (Å²) in [6, 6.07) is 18.9. The van der Waals surface area contributed by atoms with Crippen molar-refractivity contribution in [3.63, 3.8) is 0 Å². The molecule has 1 atom stereocenters. The molecule has 1 amide bonds. The summed E-state index contributed by atoms with van der Waals surface area (Å²) in [4.78, 5) is 30.3. The van der Waals surface area contributed by atoms with Gasteiger partial charge in [0.05, 0.1) is 17.1 Å². The first-order valence-electron chi connectivity index (χ1n) is 14.9. The van der Waals surface area contributed by atoms with E-state index in [-0.39, 0.29) is 23.6 Å². The number of thiophene rings is 1. The third-order valence-corrected chi connectivity index (χ3v) is 9.35. The Labute approximate surface area is 272 Å². The highest BCUT2D eigenvalue weighted by molar-refractivity contribution is 7.16. The Balaban J connectivity index is 1.40. The molecule has 0 saturated carbocycles. The van der Waals surface area contributed by atoms with Gasteiger partial charge in [-0.1, -0.05) is 32.4 Å². The predicted octanol–water partition coefficient (Wildman–Crippen LogP) is 9.44. The molecule has 0 spiro atoms. The van der Waals surface area contributed by atoms with Crippen LogP contribution < -0.4 is 14.8 Å². The molecule has 4 aromatic rings. The monoisotopic (exact) mass is 645 g/mol. The van der Waals surface area contributed by atoms with E-state index in [0.29, 0.717) is 45.3 Å². The number of nitrogens with one attached hydrogen (secondary N) is 1. The van der Waals surface area contributed by atoms with Crippen LogP contribution in [0, 0.1) is 21.4 Å². The number of hydrogen-bond acceptors (Lipinski definition) is 7. The summed E-state index contributed by atoms with van der Waals surface area (Å²) in [7, 11) is 0. The Bertz CT molecular complexity index is 1710. The van der Waals surface area contributed by atoms with Crippen LogP contribution in [-0.2, 0) is 19.4 Å². The Morgan fingerprint density at radius 1 is 1.09 bits per heavy atom. The molecule has 8 nitrogen and oxygen atoms in total. The van der Waals surface area contributed by atoms with E-state index in [1.807, 2.05) is 25.1 Å². The number of anilines is 1. The summed E-state index contributed by atoms with van der Waals surface area (Å²) in [6.45, 7) is 9.40. The van der Waals surface area contributed by atoms with Gasteiger partial charge in [-0.15, -0.1) is 11.3 Å². The van der Waals surface area contributed by atoms with Crippen molar-refractivity contribution in [1.29, 1.82) is 0 Å². The lowest BCUT2D eigenvalue weighted by Gasteiger charge is -2.33. The smallest absolute Gasteiger partial charge is 0.269 e. The fourth-order valence-electron chi connectivity index (χ4n) is 5.36. The SMILES string of the molecule is CCOc1cc(C=Nc2sc3c(c2C(=O)Nc2ccc(Cl)cc2)CC[C@@H](C(C)(C)C)C3)ccc1OCc1ccc([N+](=O)[O-])cc1. The maximum atomic E-state index is 13.7. The Morgan fingerprint density at radius 3 is 2.49 bits per heavy atom. The lowest BCUT2D eigenvalue weighted by atomic mass is 9.72. The molecule has 0 fully saturated rings. The van der Waals surface area contributed by atoms with Crippen molar-refractivity contribution in [1.82, 2.24) is 0 Å². The molecule has 45 heavy (non-hydrogen) atoms. The molecule has 1 N–H and O–H groups in total. The Hall–Kier alpha value is -4.21. The molecule has 0 saturated heterocycles. The molecule has 0 bridgehead atoms. The zero-order valence-corrected chi connectivity index (χ0v) is 27.3. The zero-order valence-electron chi connectivity index (χ0n) is 25.8. The van der Waals surface area contributed by atoms with Gasteiger partial charge in [0.2, 0.25) is 0 Å². The fourth-order valence-corrected chi connectivity index (χ4v) is 6.76. The van der Waals surface area contributed by atoms with Gasteiger partial charge in [0.15, 0.2) is 11.5 Å². The van der Waals surface area contributed by atoms with Gasteiger partial charge in [0.1, 0.15) is 11.6 Å². The van der Waals surface area contributed by atoms with Crippen molar-refractivity contribution >= 4 is 51.4 Å². The van der Waals surface area contributed by atoms with Crippen molar-refractivity contribution in [2.24, 2.45) is 16.3 Å². The van der Waals surface area contributed by atoms with Crippen molar-refractivity contribution in [3.05, 3.63) is 109 Å². The molecule has 1 aromatic heterocycles. The Kier molecular flexibility index (Phi) is 9.90. The number of aliphatic imine (C=N–C) groups is 1. The van der Waals surface area contributed by atoms with Gasteiger partial charge in [-0.25, -0.2) is 4.99 Å². The predicted molar refractivity (Wildman–Crippen MR) is 181 cm³/mol. The third kappa shape index (κ3) is 7.90. The number of halogens is 1. The first-order chi connectivity index (χ1) is 21.5. The van der Waals surface area contributed by atoms with Crippen LogP contribution >= 0.6 is 22.9 Å². The molecule has 1 heterocycles. The summed E-state index contributed by atoms with van der Waals surface area (Å²) < 4.78 is 11.9. The molecule has 1 aliphatic rings. The molecule has 3 aromatic carbocycles. The summed E-state index contributed by atoms with van der Waals surface area (Å²) >= 11 is 7.64. The number of hydrogen-bond donors (Lipinski definition) is 1. The first-order valence-corrected chi connectivity index (χ1v) is 16.1.